The fourth-order valence-electron chi connectivity index (χ4n) is 4.70. The molecule has 2 atom stereocenters. The highest BCUT2D eigenvalue weighted by molar-refractivity contribution is 6.09. The zero-order valence-electron chi connectivity index (χ0n) is 16.7. The average Bonchev–Trinajstić information content (AvgIpc) is 2.90. The Bertz CT molecular complexity index is 632. The first-order valence-corrected chi connectivity index (χ1v) is 10.6. The zero-order valence-corrected chi connectivity index (χ0v) is 16.7. The summed E-state index contributed by atoms with van der Waals surface area (Å²) in [6.45, 7) is 1.87. The molecule has 156 valence electrons. The van der Waals surface area contributed by atoms with Gasteiger partial charge in [0.05, 0.1) is 0 Å². The van der Waals surface area contributed by atoms with Crippen LogP contribution in [0.5, 0.6) is 0 Å². The van der Waals surface area contributed by atoms with Gasteiger partial charge in [0.25, 0.3) is 5.91 Å². The number of nitrogens with zero attached hydrogens (tertiary/aromatic N) is 1. The predicted octanol–water partition coefficient (Wildman–Crippen LogP) is 1.44. The van der Waals surface area contributed by atoms with E-state index in [9.17, 15) is 19.2 Å². The van der Waals surface area contributed by atoms with Crippen LogP contribution in [0.3, 0.4) is 0 Å². The van der Waals surface area contributed by atoms with E-state index < -0.39 is 17.5 Å². The smallest absolute Gasteiger partial charge is 0.325 e. The van der Waals surface area contributed by atoms with Gasteiger partial charge in [0.15, 0.2) is 0 Å². The van der Waals surface area contributed by atoms with Gasteiger partial charge >= 0.3 is 6.03 Å². The first kappa shape index (κ1) is 20.6. The van der Waals surface area contributed by atoms with Crippen molar-refractivity contribution in [3.8, 4) is 0 Å². The first-order valence-electron chi connectivity index (χ1n) is 10.6. The van der Waals surface area contributed by atoms with Crippen LogP contribution in [-0.4, -0.2) is 53.3 Å². The summed E-state index contributed by atoms with van der Waals surface area (Å²) in [5, 5.41) is 8.49. The minimum absolute atomic E-state index is 0.0641. The van der Waals surface area contributed by atoms with Crippen molar-refractivity contribution in [3.63, 3.8) is 0 Å². The van der Waals surface area contributed by atoms with Crippen LogP contribution in [0.25, 0.3) is 0 Å². The Morgan fingerprint density at radius 1 is 1.07 bits per heavy atom. The molecule has 3 N–H and O–H groups in total. The second-order valence-electron chi connectivity index (χ2n) is 8.44. The van der Waals surface area contributed by atoms with Crippen LogP contribution < -0.4 is 16.0 Å². The van der Waals surface area contributed by atoms with E-state index in [0.717, 1.165) is 49.8 Å². The molecule has 1 aliphatic heterocycles. The van der Waals surface area contributed by atoms with Crippen molar-refractivity contribution in [3.05, 3.63) is 0 Å². The van der Waals surface area contributed by atoms with Crippen molar-refractivity contribution in [2.24, 2.45) is 5.92 Å². The van der Waals surface area contributed by atoms with Crippen molar-refractivity contribution in [2.75, 3.05) is 13.1 Å². The predicted molar refractivity (Wildman–Crippen MR) is 103 cm³/mol. The fraction of sp³-hybridized carbons (Fsp3) is 0.800. The summed E-state index contributed by atoms with van der Waals surface area (Å²) in [6, 6.07) is -0.250. The number of urea groups is 1. The van der Waals surface area contributed by atoms with E-state index in [0.29, 0.717) is 6.42 Å². The lowest BCUT2D eigenvalue weighted by atomic mass is 9.73. The summed E-state index contributed by atoms with van der Waals surface area (Å²) in [7, 11) is 0. The Morgan fingerprint density at radius 2 is 1.79 bits per heavy atom. The fourth-order valence-corrected chi connectivity index (χ4v) is 4.70. The first-order chi connectivity index (χ1) is 13.4. The molecule has 8 heteroatoms. The maximum absolute atomic E-state index is 12.8. The number of carbonyl (C=O) groups excluding carboxylic acids is 4. The normalized spacial score (nSPS) is 28.3. The lowest BCUT2D eigenvalue weighted by molar-refractivity contribution is -0.137. The van der Waals surface area contributed by atoms with Crippen molar-refractivity contribution < 1.29 is 19.2 Å². The molecule has 2 unspecified atom stereocenters. The van der Waals surface area contributed by atoms with Crippen LogP contribution in [-0.2, 0) is 14.4 Å². The lowest BCUT2D eigenvalue weighted by Crippen LogP contribution is -2.54. The van der Waals surface area contributed by atoms with Gasteiger partial charge in [0.1, 0.15) is 12.1 Å². The van der Waals surface area contributed by atoms with Gasteiger partial charge in [-0.3, -0.25) is 19.3 Å². The van der Waals surface area contributed by atoms with Crippen LogP contribution in [0.1, 0.15) is 71.1 Å². The van der Waals surface area contributed by atoms with Crippen molar-refractivity contribution in [1.29, 1.82) is 0 Å². The van der Waals surface area contributed by atoms with E-state index in [1.54, 1.807) is 0 Å². The third-order valence-electron chi connectivity index (χ3n) is 6.45. The van der Waals surface area contributed by atoms with Gasteiger partial charge in [-0.15, -0.1) is 0 Å². The molecule has 2 saturated carbocycles. The molecule has 3 rings (SSSR count). The summed E-state index contributed by atoms with van der Waals surface area (Å²) in [5.74, 6) is -0.726. The molecule has 1 heterocycles. The van der Waals surface area contributed by atoms with Gasteiger partial charge in [-0.1, -0.05) is 39.0 Å². The minimum atomic E-state index is -0.852. The topological polar surface area (TPSA) is 108 Å². The highest BCUT2D eigenvalue weighted by atomic mass is 16.2. The number of amides is 5. The molecule has 5 amide bonds. The molecule has 3 fully saturated rings. The van der Waals surface area contributed by atoms with Gasteiger partial charge in [-0.25, -0.2) is 4.79 Å². The van der Waals surface area contributed by atoms with Gasteiger partial charge in [-0.05, 0) is 31.6 Å². The average molecular weight is 393 g/mol. The quantitative estimate of drug-likeness (QED) is 0.595. The van der Waals surface area contributed by atoms with Crippen molar-refractivity contribution in [1.82, 2.24) is 20.9 Å². The molecular weight excluding hydrogens is 360 g/mol. The van der Waals surface area contributed by atoms with Crippen LogP contribution in [0.15, 0.2) is 0 Å². The molecule has 1 spiro atoms. The number of hydrogen-bond acceptors (Lipinski definition) is 4. The summed E-state index contributed by atoms with van der Waals surface area (Å²) in [6.07, 6.45) is 9.22. The van der Waals surface area contributed by atoms with Crippen LogP contribution in [0.4, 0.5) is 4.79 Å². The molecular formula is C20H32N4O4. The number of carbonyl (C=O) groups is 4. The van der Waals surface area contributed by atoms with E-state index in [4.69, 9.17) is 0 Å². The molecule has 28 heavy (non-hydrogen) atoms. The molecule has 1 saturated heterocycles. The zero-order chi connectivity index (χ0) is 20.1. The lowest BCUT2D eigenvalue weighted by Gasteiger charge is -2.36. The standard InChI is InChI=1S/C20H32N4O4/c1-14-7-5-6-11-20(14)18(27)24(19(28)23-20)13-17(26)21-12-10-16(25)22-15-8-3-2-4-9-15/h14-15H,2-13H2,1H3,(H,21,26)(H,22,25)(H,23,28). The van der Waals surface area contributed by atoms with Crippen molar-refractivity contribution in [2.45, 2.75) is 82.7 Å². The van der Waals surface area contributed by atoms with Crippen molar-refractivity contribution >= 4 is 23.8 Å². The summed E-state index contributed by atoms with van der Waals surface area (Å²) >= 11 is 0. The Morgan fingerprint density at radius 3 is 2.50 bits per heavy atom. The van der Waals surface area contributed by atoms with E-state index in [1.807, 2.05) is 6.92 Å². The van der Waals surface area contributed by atoms with Crippen LogP contribution in [0.2, 0.25) is 0 Å². The number of rotatable bonds is 6. The molecule has 8 nitrogen and oxygen atoms in total. The van der Waals surface area contributed by atoms with E-state index in [2.05, 4.69) is 16.0 Å². The number of imide groups is 1. The number of hydrogen-bond donors (Lipinski definition) is 3. The second kappa shape index (κ2) is 8.92. The Kier molecular flexibility index (Phi) is 6.57. The summed E-state index contributed by atoms with van der Waals surface area (Å²) in [5.41, 5.74) is -0.852. The molecule has 0 aromatic heterocycles. The van der Waals surface area contributed by atoms with E-state index >= 15 is 0 Å². The Balaban J connectivity index is 1.42. The van der Waals surface area contributed by atoms with Gasteiger partial charge in [0.2, 0.25) is 11.8 Å². The Labute approximate surface area is 166 Å². The molecule has 0 aromatic rings. The largest absolute Gasteiger partial charge is 0.354 e. The monoisotopic (exact) mass is 392 g/mol. The van der Waals surface area contributed by atoms with E-state index in [1.165, 1.54) is 6.42 Å². The maximum Gasteiger partial charge on any atom is 0.325 e. The third-order valence-corrected chi connectivity index (χ3v) is 6.45. The maximum atomic E-state index is 12.8. The molecule has 2 aliphatic carbocycles. The third kappa shape index (κ3) is 4.47. The van der Waals surface area contributed by atoms with Gasteiger partial charge in [-0.2, -0.15) is 0 Å². The summed E-state index contributed by atoms with van der Waals surface area (Å²) in [4.78, 5) is 50.3. The summed E-state index contributed by atoms with van der Waals surface area (Å²) < 4.78 is 0. The Hall–Kier alpha value is -2.12. The molecule has 0 aromatic carbocycles. The minimum Gasteiger partial charge on any atom is -0.354 e. The molecule has 0 bridgehead atoms. The molecule has 0 radical (unpaired) electrons. The van der Waals surface area contributed by atoms with Crippen LogP contribution in [0, 0.1) is 5.92 Å². The molecule has 3 aliphatic rings. The highest BCUT2D eigenvalue weighted by Gasteiger charge is 2.55. The van der Waals surface area contributed by atoms with E-state index in [-0.39, 0.29) is 43.3 Å². The number of nitrogens with one attached hydrogen (secondary N) is 3. The van der Waals surface area contributed by atoms with Gasteiger partial charge < -0.3 is 16.0 Å². The highest BCUT2D eigenvalue weighted by Crippen LogP contribution is 2.38. The SMILES string of the molecule is CC1CCCCC12NC(=O)N(CC(=O)NCCC(=O)NC1CCCCC1)C2=O. The van der Waals surface area contributed by atoms with Crippen LogP contribution >= 0.6 is 0 Å². The second-order valence-corrected chi connectivity index (χ2v) is 8.44. The van der Waals surface area contributed by atoms with Gasteiger partial charge in [0, 0.05) is 19.0 Å².